The molecule has 4 aromatic carbocycles. The van der Waals surface area contributed by atoms with Crippen molar-refractivity contribution >= 4 is 17.7 Å². The molecule has 0 aliphatic carbocycles. The molecule has 1 atom stereocenters. The van der Waals surface area contributed by atoms with Crippen LogP contribution in [0.25, 0.3) is 0 Å². The van der Waals surface area contributed by atoms with Crippen molar-refractivity contribution in [1.82, 2.24) is 0 Å². The highest BCUT2D eigenvalue weighted by Gasteiger charge is 2.23. The molecular formula is C34H33NO4. The van der Waals surface area contributed by atoms with Crippen LogP contribution >= 0.6 is 0 Å². The van der Waals surface area contributed by atoms with Gasteiger partial charge in [-0.1, -0.05) is 103 Å². The Hall–Kier alpha value is -4.51. The van der Waals surface area contributed by atoms with Crippen LogP contribution in [0, 0.1) is 0 Å². The minimum absolute atomic E-state index is 0.162. The third kappa shape index (κ3) is 8.24. The van der Waals surface area contributed by atoms with Crippen molar-refractivity contribution in [2.24, 2.45) is 4.99 Å². The van der Waals surface area contributed by atoms with Crippen LogP contribution in [0.1, 0.15) is 53.4 Å². The number of aliphatic imine (C=N–C) groups is 1. The minimum atomic E-state index is -0.795. The predicted molar refractivity (Wildman–Crippen MR) is 154 cm³/mol. The number of carbonyl (C=O) groups is 2. The first kappa shape index (κ1) is 27.5. The second-order valence-electron chi connectivity index (χ2n) is 10.2. The minimum Gasteiger partial charge on any atom is -0.459 e. The lowest BCUT2D eigenvalue weighted by Gasteiger charge is -2.19. The molecule has 198 valence electrons. The van der Waals surface area contributed by atoms with Crippen molar-refractivity contribution in [3.8, 4) is 0 Å². The fourth-order valence-electron chi connectivity index (χ4n) is 4.01. The molecule has 5 nitrogen and oxygen atoms in total. The Morgan fingerprint density at radius 3 is 1.69 bits per heavy atom. The average Bonchev–Trinajstić information content (AvgIpc) is 2.95. The second kappa shape index (κ2) is 12.8. The molecule has 0 aliphatic rings. The second-order valence-corrected chi connectivity index (χ2v) is 10.2. The molecule has 0 saturated carbocycles. The first-order valence-corrected chi connectivity index (χ1v) is 13.0. The zero-order valence-electron chi connectivity index (χ0n) is 22.5. The zero-order chi connectivity index (χ0) is 27.7. The summed E-state index contributed by atoms with van der Waals surface area (Å²) in [5.74, 6) is -0.805. The van der Waals surface area contributed by atoms with Crippen molar-refractivity contribution in [2.75, 3.05) is 0 Å². The summed E-state index contributed by atoms with van der Waals surface area (Å²) < 4.78 is 11.2. The lowest BCUT2D eigenvalue weighted by molar-refractivity contribution is -0.146. The highest BCUT2D eigenvalue weighted by molar-refractivity contribution is 6.13. The molecule has 4 rings (SSSR count). The van der Waals surface area contributed by atoms with Crippen LogP contribution in [-0.2, 0) is 27.3 Å². The van der Waals surface area contributed by atoms with Crippen LogP contribution in [-0.4, -0.2) is 29.3 Å². The van der Waals surface area contributed by atoms with Gasteiger partial charge in [-0.05, 0) is 44.0 Å². The molecule has 0 radical (unpaired) electrons. The summed E-state index contributed by atoms with van der Waals surface area (Å²) in [5, 5.41) is 0. The topological polar surface area (TPSA) is 65.0 Å². The van der Waals surface area contributed by atoms with Gasteiger partial charge in [0.05, 0.1) is 11.3 Å². The molecule has 5 heteroatoms. The molecule has 0 spiro atoms. The molecule has 4 aromatic rings. The number of carbonyl (C=O) groups excluding carboxylic acids is 2. The van der Waals surface area contributed by atoms with Crippen LogP contribution in [0.2, 0.25) is 0 Å². The number of hydrogen-bond donors (Lipinski definition) is 0. The summed E-state index contributed by atoms with van der Waals surface area (Å²) >= 11 is 0. The van der Waals surface area contributed by atoms with Crippen molar-refractivity contribution in [3.63, 3.8) is 0 Å². The summed E-state index contributed by atoms with van der Waals surface area (Å²) in [6.45, 7) is 5.66. The van der Waals surface area contributed by atoms with Crippen LogP contribution in [0.5, 0.6) is 0 Å². The maximum Gasteiger partial charge on any atom is 0.338 e. The molecule has 0 heterocycles. The number of hydrogen-bond acceptors (Lipinski definition) is 5. The van der Waals surface area contributed by atoms with Crippen LogP contribution in [0.15, 0.2) is 120 Å². The van der Waals surface area contributed by atoms with Gasteiger partial charge in [-0.15, -0.1) is 0 Å². The molecule has 0 bridgehead atoms. The average molecular weight is 520 g/mol. The first-order chi connectivity index (χ1) is 18.8. The van der Waals surface area contributed by atoms with Gasteiger partial charge in [0.1, 0.15) is 12.2 Å². The molecule has 0 aliphatic heterocycles. The number of esters is 2. The molecule has 0 aromatic heterocycles. The number of benzene rings is 4. The Kier molecular flexibility index (Phi) is 9.06. The van der Waals surface area contributed by atoms with Gasteiger partial charge in [0.15, 0.2) is 6.04 Å². The standard InChI is InChI=1S/C34H33NO4/c1-34(2,3)39-32(36)29-21-19-25(20-22-29)23-30(33(37)38-24-26-13-7-4-8-14-26)35-31(27-15-9-5-10-16-27)28-17-11-6-12-18-28/h4-22,30H,23-24H2,1-3H3. The third-order valence-corrected chi connectivity index (χ3v) is 5.89. The van der Waals surface area contributed by atoms with Gasteiger partial charge in [-0.25, -0.2) is 9.59 Å². The fraction of sp³-hybridized carbons (Fsp3) is 0.206. The lowest BCUT2D eigenvalue weighted by Crippen LogP contribution is -2.26. The lowest BCUT2D eigenvalue weighted by atomic mass is 10.00. The molecular weight excluding hydrogens is 486 g/mol. The van der Waals surface area contributed by atoms with Crippen LogP contribution in [0.3, 0.4) is 0 Å². The zero-order valence-corrected chi connectivity index (χ0v) is 22.5. The first-order valence-electron chi connectivity index (χ1n) is 13.0. The maximum atomic E-state index is 13.4. The maximum absolute atomic E-state index is 13.4. The smallest absolute Gasteiger partial charge is 0.338 e. The van der Waals surface area contributed by atoms with Gasteiger partial charge in [-0.3, -0.25) is 4.99 Å². The summed E-state index contributed by atoms with van der Waals surface area (Å²) in [4.78, 5) is 30.9. The monoisotopic (exact) mass is 519 g/mol. The summed E-state index contributed by atoms with van der Waals surface area (Å²) in [6.07, 6.45) is 0.311. The highest BCUT2D eigenvalue weighted by atomic mass is 16.6. The summed E-state index contributed by atoms with van der Waals surface area (Å²) in [6, 6.07) is 35.5. The van der Waals surface area contributed by atoms with Crippen molar-refractivity contribution in [1.29, 1.82) is 0 Å². The van der Waals surface area contributed by atoms with Crippen LogP contribution < -0.4 is 0 Å². The Bertz CT molecular complexity index is 1350. The van der Waals surface area contributed by atoms with Crippen molar-refractivity contribution in [2.45, 2.75) is 45.4 Å². The number of nitrogens with zero attached hydrogens (tertiary/aromatic N) is 1. The van der Waals surface area contributed by atoms with E-state index in [9.17, 15) is 9.59 Å². The van der Waals surface area contributed by atoms with Crippen molar-refractivity contribution < 1.29 is 19.1 Å². The van der Waals surface area contributed by atoms with E-state index in [1.165, 1.54) is 0 Å². The predicted octanol–water partition coefficient (Wildman–Crippen LogP) is 6.83. The van der Waals surface area contributed by atoms with Gasteiger partial charge in [0.2, 0.25) is 0 Å². The van der Waals surface area contributed by atoms with E-state index >= 15 is 0 Å². The Labute approximate surface area is 230 Å². The third-order valence-electron chi connectivity index (χ3n) is 5.89. The van der Waals surface area contributed by atoms with Crippen LogP contribution in [0.4, 0.5) is 0 Å². The van der Waals surface area contributed by atoms with E-state index in [1.807, 2.05) is 124 Å². The van der Waals surface area contributed by atoms with Gasteiger partial charge in [0.25, 0.3) is 0 Å². The summed E-state index contributed by atoms with van der Waals surface area (Å²) in [5.41, 5.74) is 4.16. The normalized spacial score (nSPS) is 11.8. The SMILES string of the molecule is CC(C)(C)OC(=O)c1ccc(CC(N=C(c2ccccc2)c2ccccc2)C(=O)OCc2ccccc2)cc1. The van der Waals surface area contributed by atoms with E-state index < -0.39 is 17.6 Å². The Morgan fingerprint density at radius 2 is 1.18 bits per heavy atom. The van der Waals surface area contributed by atoms with E-state index in [-0.39, 0.29) is 12.6 Å². The quantitative estimate of drug-likeness (QED) is 0.180. The van der Waals surface area contributed by atoms with Gasteiger partial charge in [0, 0.05) is 17.5 Å². The van der Waals surface area contributed by atoms with E-state index in [1.54, 1.807) is 12.1 Å². The Morgan fingerprint density at radius 1 is 0.667 bits per heavy atom. The molecule has 1 unspecified atom stereocenters. The molecule has 0 amide bonds. The van der Waals surface area contributed by atoms with Crippen molar-refractivity contribution in [3.05, 3.63) is 143 Å². The molecule has 39 heavy (non-hydrogen) atoms. The van der Waals surface area contributed by atoms with E-state index in [0.717, 1.165) is 22.3 Å². The summed E-state index contributed by atoms with van der Waals surface area (Å²) in [7, 11) is 0. The number of rotatable bonds is 9. The molecule has 0 fully saturated rings. The molecule has 0 N–H and O–H groups in total. The largest absolute Gasteiger partial charge is 0.459 e. The van der Waals surface area contributed by atoms with Gasteiger partial charge < -0.3 is 9.47 Å². The van der Waals surface area contributed by atoms with E-state index in [0.29, 0.717) is 17.7 Å². The van der Waals surface area contributed by atoms with E-state index in [2.05, 4.69) is 0 Å². The molecule has 0 saturated heterocycles. The number of ether oxygens (including phenoxy) is 2. The van der Waals surface area contributed by atoms with Gasteiger partial charge in [-0.2, -0.15) is 0 Å². The fourth-order valence-corrected chi connectivity index (χ4v) is 4.01. The Balaban J connectivity index is 1.64. The van der Waals surface area contributed by atoms with E-state index in [4.69, 9.17) is 14.5 Å². The van der Waals surface area contributed by atoms with Gasteiger partial charge >= 0.3 is 11.9 Å². The highest BCUT2D eigenvalue weighted by Crippen LogP contribution is 2.18.